The Labute approximate surface area is 343 Å². The van der Waals surface area contributed by atoms with Crippen molar-refractivity contribution in [1.29, 1.82) is 0 Å². The minimum Gasteiger partial charge on any atom is -0.462 e. The summed E-state index contributed by atoms with van der Waals surface area (Å²) in [6, 6.07) is 4.05. The molecule has 5 aliphatic rings. The van der Waals surface area contributed by atoms with Crippen molar-refractivity contribution in [3.8, 4) is 0 Å². The van der Waals surface area contributed by atoms with Gasteiger partial charge in [-0.05, 0) is 89.6 Å². The topological polar surface area (TPSA) is 222 Å². The molecule has 16 heteroatoms. The van der Waals surface area contributed by atoms with Crippen LogP contribution in [0.4, 0.5) is 0 Å². The van der Waals surface area contributed by atoms with Crippen LogP contribution < -0.4 is 10.6 Å². The highest BCUT2D eigenvalue weighted by Crippen LogP contribution is 2.59. The Balaban J connectivity index is 1.14. The van der Waals surface area contributed by atoms with E-state index in [9.17, 15) is 39.0 Å². The first-order chi connectivity index (χ1) is 27.8. The van der Waals surface area contributed by atoms with E-state index in [-0.39, 0.29) is 48.8 Å². The van der Waals surface area contributed by atoms with E-state index in [1.165, 1.54) is 19.1 Å². The van der Waals surface area contributed by atoms with Crippen LogP contribution >= 0.6 is 0 Å². The van der Waals surface area contributed by atoms with Gasteiger partial charge in [-0.25, -0.2) is 14.4 Å². The molecular weight excluding hydrogens is 768 g/mol. The van der Waals surface area contributed by atoms with Crippen LogP contribution in [0, 0.1) is 17.3 Å². The summed E-state index contributed by atoms with van der Waals surface area (Å²) in [5.74, 6) is -4.60. The summed E-state index contributed by atoms with van der Waals surface area (Å²) in [6.45, 7) is 9.66. The molecule has 1 aromatic rings. The van der Waals surface area contributed by atoms with Crippen LogP contribution in [0.2, 0.25) is 0 Å². The van der Waals surface area contributed by atoms with E-state index in [1.807, 2.05) is 0 Å². The van der Waals surface area contributed by atoms with Gasteiger partial charge in [-0.3, -0.25) is 14.4 Å². The van der Waals surface area contributed by atoms with Crippen LogP contribution in [0.3, 0.4) is 0 Å². The maximum atomic E-state index is 13.9. The second-order valence-electron chi connectivity index (χ2n) is 17.9. The molecule has 1 aromatic carbocycles. The van der Waals surface area contributed by atoms with E-state index in [0.29, 0.717) is 5.56 Å². The molecule has 0 unspecified atom stereocenters. The first-order valence-corrected chi connectivity index (χ1v) is 20.3. The zero-order valence-electron chi connectivity index (χ0n) is 34.4. The summed E-state index contributed by atoms with van der Waals surface area (Å²) < 4.78 is 35.1. The molecule has 3 aliphatic carbocycles. The molecule has 2 amide bonds. The number of carbonyl (C=O) groups excluding carboxylic acids is 6. The SMILES string of the molecule is C[C@H](O)[C@@H](NC(=O)C1=C[C@H]2OC(C3CC3)(C3CC3)O[C@H]2[C@H](OC(=O)c2cccc(C=CC(=O)O[C@H]3C(=O)OCC3(C)C)c2)C1)C(=O)N[C@H](CO)CCC(=O)OC(C)(C)C. The first-order valence-electron chi connectivity index (χ1n) is 20.3. The Morgan fingerprint density at radius 3 is 2.31 bits per heavy atom. The molecule has 2 saturated heterocycles. The molecule has 4 fully saturated rings. The third-order valence-corrected chi connectivity index (χ3v) is 11.0. The van der Waals surface area contributed by atoms with Crippen molar-refractivity contribution in [2.45, 2.75) is 140 Å². The van der Waals surface area contributed by atoms with Crippen LogP contribution in [0.5, 0.6) is 0 Å². The lowest BCUT2D eigenvalue weighted by Gasteiger charge is -2.31. The van der Waals surface area contributed by atoms with Gasteiger partial charge >= 0.3 is 23.9 Å². The molecule has 0 aromatic heterocycles. The largest absolute Gasteiger partial charge is 0.462 e. The van der Waals surface area contributed by atoms with Gasteiger partial charge in [0.1, 0.15) is 36.6 Å². The quantitative estimate of drug-likeness (QED) is 0.107. The number of cyclic esters (lactones) is 1. The number of nitrogens with one attached hydrogen (secondary N) is 2. The molecule has 0 radical (unpaired) electrons. The number of amides is 2. The third kappa shape index (κ3) is 10.8. The fourth-order valence-electron chi connectivity index (χ4n) is 7.62. The summed E-state index contributed by atoms with van der Waals surface area (Å²) in [5, 5.41) is 25.7. The molecule has 0 bridgehead atoms. The fourth-order valence-corrected chi connectivity index (χ4v) is 7.62. The van der Waals surface area contributed by atoms with Gasteiger partial charge in [-0.1, -0.05) is 26.0 Å². The monoisotopic (exact) mass is 824 g/mol. The van der Waals surface area contributed by atoms with Crippen LogP contribution in [0.15, 0.2) is 42.0 Å². The predicted molar refractivity (Wildman–Crippen MR) is 208 cm³/mol. The number of hydrogen-bond acceptors (Lipinski definition) is 14. The number of esters is 4. The van der Waals surface area contributed by atoms with Crippen molar-refractivity contribution in [2.24, 2.45) is 17.3 Å². The maximum Gasteiger partial charge on any atom is 0.348 e. The number of hydrogen-bond donors (Lipinski definition) is 4. The van der Waals surface area contributed by atoms with E-state index in [1.54, 1.807) is 58.9 Å². The highest BCUT2D eigenvalue weighted by atomic mass is 16.8. The molecule has 0 spiro atoms. The molecule has 2 heterocycles. The Morgan fingerprint density at radius 1 is 1.02 bits per heavy atom. The first kappa shape index (κ1) is 43.9. The van der Waals surface area contributed by atoms with E-state index >= 15 is 0 Å². The van der Waals surface area contributed by atoms with Gasteiger partial charge in [-0.2, -0.15) is 0 Å². The fraction of sp³-hybridized carbons (Fsp3) is 0.628. The summed E-state index contributed by atoms with van der Waals surface area (Å²) >= 11 is 0. The summed E-state index contributed by atoms with van der Waals surface area (Å²) in [5.41, 5.74) is -0.592. The Hall–Kier alpha value is -4.64. The molecule has 322 valence electrons. The lowest BCUT2D eigenvalue weighted by Crippen LogP contribution is -2.55. The highest BCUT2D eigenvalue weighted by Gasteiger charge is 2.64. The normalized spacial score (nSPS) is 26.1. The predicted octanol–water partition coefficient (Wildman–Crippen LogP) is 2.82. The minimum atomic E-state index is -1.44. The second-order valence-corrected chi connectivity index (χ2v) is 17.9. The van der Waals surface area contributed by atoms with Crippen LogP contribution in [0.1, 0.15) is 102 Å². The Morgan fingerprint density at radius 2 is 1.71 bits per heavy atom. The molecule has 16 nitrogen and oxygen atoms in total. The lowest BCUT2D eigenvalue weighted by atomic mass is 9.90. The van der Waals surface area contributed by atoms with Crippen molar-refractivity contribution in [3.05, 3.63) is 53.1 Å². The van der Waals surface area contributed by atoms with Gasteiger partial charge in [0.25, 0.3) is 0 Å². The average molecular weight is 825 g/mol. The summed E-state index contributed by atoms with van der Waals surface area (Å²) in [6.07, 6.45) is 2.94. The lowest BCUT2D eigenvalue weighted by molar-refractivity contribution is -0.209. The number of carbonyl (C=O) groups is 6. The van der Waals surface area contributed by atoms with Crippen molar-refractivity contribution in [1.82, 2.24) is 10.6 Å². The van der Waals surface area contributed by atoms with Crippen molar-refractivity contribution < 1.29 is 67.4 Å². The number of benzene rings is 1. The average Bonchev–Trinajstić information content (AvgIpc) is 4.12. The Bertz CT molecular complexity index is 1840. The summed E-state index contributed by atoms with van der Waals surface area (Å²) in [7, 11) is 0. The van der Waals surface area contributed by atoms with E-state index in [4.69, 9.17) is 28.4 Å². The number of aliphatic hydroxyl groups excluding tert-OH is 2. The highest BCUT2D eigenvalue weighted by molar-refractivity contribution is 5.98. The Kier molecular flexibility index (Phi) is 13.0. The standard InChI is InChI=1S/C43H56N2O14/c1-23(47)34(38(51)44-29(21-46)15-17-33(49)58-41(2,3)4)45-37(50)26-19-30(35-31(20-26)57-43(59-35,27-11-12-27)28-13-14-28)55-39(52)25-9-7-8-24(18-25)10-16-32(48)56-36-40(53)54-22-42(36,5)6/h7-10,16,18,20,23,27-31,34-36,46-47H,11-15,17,19,21-22H2,1-6H3,(H,44,51)(H,45,50)/t23-,29-,30+,31+,34+,35-,36-/m0/s1. The van der Waals surface area contributed by atoms with Gasteiger partial charge in [0, 0.05) is 41.7 Å². The smallest absolute Gasteiger partial charge is 0.348 e. The van der Waals surface area contributed by atoms with Crippen molar-refractivity contribution in [2.75, 3.05) is 13.2 Å². The van der Waals surface area contributed by atoms with Crippen molar-refractivity contribution >= 4 is 41.8 Å². The molecule has 59 heavy (non-hydrogen) atoms. The number of rotatable bonds is 16. The van der Waals surface area contributed by atoms with E-state index < -0.39 is 102 Å². The number of aliphatic hydroxyl groups is 2. The van der Waals surface area contributed by atoms with Crippen LogP contribution in [-0.4, -0.2) is 113 Å². The number of ether oxygens (including phenoxy) is 6. The third-order valence-electron chi connectivity index (χ3n) is 11.0. The molecule has 4 N–H and O–H groups in total. The minimum absolute atomic E-state index is 0.0582. The van der Waals surface area contributed by atoms with Gasteiger partial charge in [-0.15, -0.1) is 0 Å². The zero-order valence-corrected chi connectivity index (χ0v) is 34.4. The van der Waals surface area contributed by atoms with Crippen LogP contribution in [-0.2, 0) is 52.4 Å². The van der Waals surface area contributed by atoms with Gasteiger partial charge in [0.05, 0.1) is 24.3 Å². The number of fused-ring (bicyclic) bond motifs is 1. The zero-order chi connectivity index (χ0) is 42.9. The summed E-state index contributed by atoms with van der Waals surface area (Å²) in [4.78, 5) is 78.0. The second kappa shape index (κ2) is 17.5. The molecule has 6 rings (SSSR count). The maximum absolute atomic E-state index is 13.9. The molecule has 2 aliphatic heterocycles. The van der Waals surface area contributed by atoms with E-state index in [0.717, 1.165) is 31.8 Å². The van der Waals surface area contributed by atoms with E-state index in [2.05, 4.69) is 10.6 Å². The molecular formula is C43H56N2O14. The van der Waals surface area contributed by atoms with Crippen LogP contribution in [0.25, 0.3) is 6.08 Å². The van der Waals surface area contributed by atoms with Crippen molar-refractivity contribution in [3.63, 3.8) is 0 Å². The van der Waals surface area contributed by atoms with Gasteiger partial charge in [0.2, 0.25) is 17.9 Å². The van der Waals surface area contributed by atoms with Gasteiger partial charge in [0.15, 0.2) is 5.79 Å². The molecule has 7 atom stereocenters. The van der Waals surface area contributed by atoms with Gasteiger partial charge < -0.3 is 49.3 Å². The molecule has 2 saturated carbocycles.